The van der Waals surface area contributed by atoms with Gasteiger partial charge in [-0.3, -0.25) is 14.4 Å². The van der Waals surface area contributed by atoms with Gasteiger partial charge in [0.1, 0.15) is 17.9 Å². The summed E-state index contributed by atoms with van der Waals surface area (Å²) < 4.78 is 17.8. The molecule has 0 radical (unpaired) electrons. The van der Waals surface area contributed by atoms with E-state index in [0.29, 0.717) is 62.5 Å². The molecule has 0 aromatic carbocycles. The summed E-state index contributed by atoms with van der Waals surface area (Å²) in [4.78, 5) is 56.7. The SMILES string of the molecule is COC1CC(CC(C)C2CC=C(C)C(O)CC(=O)C(C)CC(C)C=CC=CC=C(C)C(O)CC3CCC(C)C(O)(O3)C(=O)C(=O)N3CCCCC3C(=O)O2)CCC1O. The lowest BCUT2D eigenvalue weighted by atomic mass is 9.79. The number of aliphatic hydroxyl groups is 4. The Labute approximate surface area is 345 Å². The molecule has 12 nitrogen and oxygen atoms in total. The van der Waals surface area contributed by atoms with E-state index in [0.717, 1.165) is 6.42 Å². The highest BCUT2D eigenvalue weighted by atomic mass is 16.6. The molecule has 2 bridgehead atoms. The number of Topliss-reactive ketones (excluding diaryl/α,β-unsaturated/α-hetero) is 2. The van der Waals surface area contributed by atoms with Crippen LogP contribution in [0, 0.1) is 29.6 Å². The third-order valence-electron chi connectivity index (χ3n) is 13.2. The molecule has 12 heteroatoms. The second kappa shape index (κ2) is 22.0. The molecule has 58 heavy (non-hydrogen) atoms. The van der Waals surface area contributed by atoms with Crippen molar-refractivity contribution in [3.63, 3.8) is 0 Å². The Hall–Kier alpha value is -3.00. The lowest BCUT2D eigenvalue weighted by Crippen LogP contribution is -2.60. The molecule has 0 aromatic heterocycles. The summed E-state index contributed by atoms with van der Waals surface area (Å²) >= 11 is 0. The Kier molecular flexibility index (Phi) is 18.1. The summed E-state index contributed by atoms with van der Waals surface area (Å²) in [5.74, 6) is -6.11. The molecular formula is C46H71NO11. The van der Waals surface area contributed by atoms with Gasteiger partial charge in [-0.05, 0) is 107 Å². The first-order valence-electron chi connectivity index (χ1n) is 21.7. The number of carbonyl (C=O) groups is 4. The number of ketones is 2. The molecule has 0 spiro atoms. The number of hydrogen-bond acceptors (Lipinski definition) is 11. The van der Waals surface area contributed by atoms with Crippen LogP contribution in [0.25, 0.3) is 0 Å². The van der Waals surface area contributed by atoms with Gasteiger partial charge in [-0.15, -0.1) is 0 Å². The number of ether oxygens (including phenoxy) is 3. The minimum atomic E-state index is -2.43. The summed E-state index contributed by atoms with van der Waals surface area (Å²) in [7, 11) is 1.59. The zero-order chi connectivity index (χ0) is 42.7. The monoisotopic (exact) mass is 814 g/mol. The molecule has 2 saturated heterocycles. The van der Waals surface area contributed by atoms with Gasteiger partial charge >= 0.3 is 5.97 Å². The molecule has 13 atom stereocenters. The zero-order valence-corrected chi connectivity index (χ0v) is 35.9. The van der Waals surface area contributed by atoms with E-state index in [1.807, 2.05) is 45.1 Å². The normalized spacial score (nSPS) is 37.9. The van der Waals surface area contributed by atoms with E-state index in [4.69, 9.17) is 14.2 Å². The number of cyclic esters (lactones) is 1. The van der Waals surface area contributed by atoms with Crippen molar-refractivity contribution in [1.82, 2.24) is 4.90 Å². The minimum absolute atomic E-state index is 0.0439. The first-order valence-corrected chi connectivity index (χ1v) is 21.7. The van der Waals surface area contributed by atoms with Gasteiger partial charge in [0.25, 0.3) is 11.7 Å². The Morgan fingerprint density at radius 1 is 0.897 bits per heavy atom. The van der Waals surface area contributed by atoms with Crippen LogP contribution in [-0.2, 0) is 33.4 Å². The maximum Gasteiger partial charge on any atom is 0.329 e. The largest absolute Gasteiger partial charge is 0.460 e. The van der Waals surface area contributed by atoms with Crippen LogP contribution in [0.2, 0.25) is 0 Å². The average Bonchev–Trinajstić information content (AvgIpc) is 3.19. The Morgan fingerprint density at radius 3 is 2.36 bits per heavy atom. The van der Waals surface area contributed by atoms with Crippen LogP contribution >= 0.6 is 0 Å². The van der Waals surface area contributed by atoms with E-state index in [2.05, 4.69) is 0 Å². The third-order valence-corrected chi connectivity index (χ3v) is 13.2. The molecule has 3 aliphatic heterocycles. The molecule has 3 heterocycles. The number of hydrogen-bond donors (Lipinski definition) is 4. The molecule has 4 rings (SSSR count). The number of nitrogens with zero attached hydrogens (tertiary/aromatic N) is 1. The van der Waals surface area contributed by atoms with Gasteiger partial charge in [-0.2, -0.15) is 0 Å². The molecule has 326 valence electrons. The van der Waals surface area contributed by atoms with Crippen molar-refractivity contribution in [3.8, 4) is 0 Å². The van der Waals surface area contributed by atoms with Crippen LogP contribution < -0.4 is 0 Å². The highest BCUT2D eigenvalue weighted by Crippen LogP contribution is 2.37. The number of piperidine rings is 1. The van der Waals surface area contributed by atoms with Crippen molar-refractivity contribution in [3.05, 3.63) is 47.6 Å². The molecular weight excluding hydrogens is 743 g/mol. The molecule has 13 unspecified atom stereocenters. The van der Waals surface area contributed by atoms with E-state index < -0.39 is 65.9 Å². The van der Waals surface area contributed by atoms with Crippen LogP contribution in [0.3, 0.4) is 0 Å². The van der Waals surface area contributed by atoms with Crippen LogP contribution in [0.5, 0.6) is 0 Å². The number of esters is 1. The van der Waals surface area contributed by atoms with Crippen molar-refractivity contribution in [1.29, 1.82) is 0 Å². The van der Waals surface area contributed by atoms with E-state index >= 15 is 0 Å². The van der Waals surface area contributed by atoms with E-state index in [9.17, 15) is 39.6 Å². The lowest BCUT2D eigenvalue weighted by Gasteiger charge is -2.42. The maximum absolute atomic E-state index is 14.2. The molecule has 1 saturated carbocycles. The number of methoxy groups -OCH3 is 1. The van der Waals surface area contributed by atoms with Gasteiger partial charge in [-0.25, -0.2) is 4.79 Å². The quantitative estimate of drug-likeness (QED) is 0.156. The number of fused-ring (bicyclic) bond motifs is 3. The highest BCUT2D eigenvalue weighted by molar-refractivity contribution is 6.39. The van der Waals surface area contributed by atoms with Crippen molar-refractivity contribution in [2.45, 2.75) is 173 Å². The number of aliphatic hydroxyl groups excluding tert-OH is 3. The van der Waals surface area contributed by atoms with Crippen LogP contribution in [-0.4, -0.2) is 111 Å². The predicted octanol–water partition coefficient (Wildman–Crippen LogP) is 5.70. The van der Waals surface area contributed by atoms with Gasteiger partial charge in [0, 0.05) is 44.8 Å². The van der Waals surface area contributed by atoms with E-state index in [-0.39, 0.29) is 67.8 Å². The van der Waals surface area contributed by atoms with Gasteiger partial charge in [0.15, 0.2) is 0 Å². The molecule has 0 aromatic rings. The summed E-state index contributed by atoms with van der Waals surface area (Å²) in [6.07, 6.45) is 13.0. The second-order valence-corrected chi connectivity index (χ2v) is 17.9. The smallest absolute Gasteiger partial charge is 0.329 e. The van der Waals surface area contributed by atoms with Crippen molar-refractivity contribution < 1.29 is 53.8 Å². The van der Waals surface area contributed by atoms with Gasteiger partial charge in [0.2, 0.25) is 5.79 Å². The summed E-state index contributed by atoms with van der Waals surface area (Å²) in [6.45, 7) is 11.2. The average molecular weight is 814 g/mol. The molecule has 4 N–H and O–H groups in total. The van der Waals surface area contributed by atoms with Crippen molar-refractivity contribution in [2.75, 3.05) is 13.7 Å². The third kappa shape index (κ3) is 12.8. The fraction of sp³-hybridized carbons (Fsp3) is 0.739. The summed E-state index contributed by atoms with van der Waals surface area (Å²) in [6, 6.07) is -1.06. The van der Waals surface area contributed by atoms with Crippen molar-refractivity contribution >= 4 is 23.4 Å². The second-order valence-electron chi connectivity index (χ2n) is 17.9. The number of rotatable bonds is 4. The van der Waals surface area contributed by atoms with Crippen LogP contribution in [0.15, 0.2) is 47.6 Å². The topological polar surface area (TPSA) is 180 Å². The van der Waals surface area contributed by atoms with Crippen LogP contribution in [0.1, 0.15) is 125 Å². The Balaban J connectivity index is 1.64. The minimum Gasteiger partial charge on any atom is -0.460 e. The molecule has 3 fully saturated rings. The first kappa shape index (κ1) is 47.7. The fourth-order valence-electron chi connectivity index (χ4n) is 9.00. The molecule has 4 aliphatic rings. The molecule has 1 amide bonds. The van der Waals surface area contributed by atoms with Gasteiger partial charge in [0.05, 0.1) is 30.5 Å². The van der Waals surface area contributed by atoms with Gasteiger partial charge < -0.3 is 39.5 Å². The number of allylic oxidation sites excluding steroid dienone is 5. The first-order chi connectivity index (χ1) is 27.4. The van der Waals surface area contributed by atoms with E-state index in [1.54, 1.807) is 40.0 Å². The van der Waals surface area contributed by atoms with E-state index in [1.165, 1.54) is 4.90 Å². The number of carbonyl (C=O) groups excluding carboxylic acids is 4. The van der Waals surface area contributed by atoms with Gasteiger partial charge in [-0.1, -0.05) is 64.2 Å². The van der Waals surface area contributed by atoms with Crippen molar-refractivity contribution in [2.24, 2.45) is 29.6 Å². The zero-order valence-electron chi connectivity index (χ0n) is 35.9. The summed E-state index contributed by atoms with van der Waals surface area (Å²) in [5, 5.41) is 44.3. The standard InChI is InChI=1S/C46H71NO11/c1-28-13-9-8-10-14-29(2)38(49)26-35-19-17-33(6)46(55,58-35)43(52)44(53)47-22-12-11-15-36(47)45(54)57-41(21-16-30(3)39(50)27-40(51)31(4)23-28)32(5)24-34-18-20-37(48)42(25-34)56-7/h8-10,13-14,16,28,31-39,41-42,48-50,55H,11-12,15,17-27H2,1-7H3. The maximum atomic E-state index is 14.2. The Bertz CT molecular complexity index is 1540. The predicted molar refractivity (Wildman–Crippen MR) is 220 cm³/mol. The van der Waals surface area contributed by atoms with Crippen LogP contribution in [0.4, 0.5) is 0 Å². The molecule has 1 aliphatic carbocycles. The Morgan fingerprint density at radius 2 is 1.64 bits per heavy atom. The lowest BCUT2D eigenvalue weighted by molar-refractivity contribution is -0.265. The fourth-order valence-corrected chi connectivity index (χ4v) is 9.00. The summed E-state index contributed by atoms with van der Waals surface area (Å²) in [5.41, 5.74) is 1.25. The highest BCUT2D eigenvalue weighted by Gasteiger charge is 2.53. The number of amides is 1.